The van der Waals surface area contributed by atoms with Crippen molar-refractivity contribution >= 4 is 5.91 Å². The molecule has 0 bridgehead atoms. The molecule has 1 fully saturated rings. The summed E-state index contributed by atoms with van der Waals surface area (Å²) >= 11 is 0. The van der Waals surface area contributed by atoms with Crippen LogP contribution in [-0.2, 0) is 9.53 Å². The van der Waals surface area contributed by atoms with Gasteiger partial charge < -0.3 is 15.4 Å². The summed E-state index contributed by atoms with van der Waals surface area (Å²) in [4.78, 5) is 13.9. The zero-order chi connectivity index (χ0) is 11.4. The fourth-order valence-corrected chi connectivity index (χ4v) is 1.68. The Morgan fingerprint density at radius 3 is 2.80 bits per heavy atom. The van der Waals surface area contributed by atoms with Gasteiger partial charge in [-0.3, -0.25) is 4.79 Å². The standard InChI is InChI=1S/C11H22N2O2/c1-4-10-7-13(5-6-15-10)11(14)8(2)9(3)12/h8-10H,4-7,12H2,1-3H3. The van der Waals surface area contributed by atoms with Gasteiger partial charge in [-0.1, -0.05) is 13.8 Å². The molecule has 1 saturated heterocycles. The molecule has 3 atom stereocenters. The maximum absolute atomic E-state index is 12.0. The summed E-state index contributed by atoms with van der Waals surface area (Å²) in [6.07, 6.45) is 1.15. The van der Waals surface area contributed by atoms with Gasteiger partial charge in [-0.15, -0.1) is 0 Å². The van der Waals surface area contributed by atoms with Crippen LogP contribution in [0.25, 0.3) is 0 Å². The van der Waals surface area contributed by atoms with E-state index in [0.717, 1.165) is 6.42 Å². The van der Waals surface area contributed by atoms with Gasteiger partial charge in [0.25, 0.3) is 0 Å². The molecule has 1 aliphatic heterocycles. The molecule has 4 heteroatoms. The van der Waals surface area contributed by atoms with Gasteiger partial charge in [-0.25, -0.2) is 0 Å². The van der Waals surface area contributed by atoms with Gasteiger partial charge >= 0.3 is 0 Å². The minimum atomic E-state index is -0.0967. The summed E-state index contributed by atoms with van der Waals surface area (Å²) in [6.45, 7) is 7.91. The summed E-state index contributed by atoms with van der Waals surface area (Å²) in [5, 5.41) is 0. The molecule has 0 aromatic rings. The fraction of sp³-hybridized carbons (Fsp3) is 0.909. The number of amides is 1. The number of morpholine rings is 1. The molecule has 15 heavy (non-hydrogen) atoms. The van der Waals surface area contributed by atoms with E-state index in [1.165, 1.54) is 0 Å². The molecule has 0 saturated carbocycles. The number of rotatable bonds is 3. The topological polar surface area (TPSA) is 55.6 Å². The zero-order valence-corrected chi connectivity index (χ0v) is 9.90. The van der Waals surface area contributed by atoms with Gasteiger partial charge in [-0.05, 0) is 13.3 Å². The number of carbonyl (C=O) groups excluding carboxylic acids is 1. The molecule has 0 aliphatic carbocycles. The van der Waals surface area contributed by atoms with Gasteiger partial charge in [-0.2, -0.15) is 0 Å². The van der Waals surface area contributed by atoms with Crippen LogP contribution in [0, 0.1) is 5.92 Å². The number of carbonyl (C=O) groups is 1. The Kier molecular flexibility index (Phi) is 4.54. The Morgan fingerprint density at radius 1 is 1.60 bits per heavy atom. The second-order valence-corrected chi connectivity index (χ2v) is 4.33. The summed E-state index contributed by atoms with van der Waals surface area (Å²) in [5.74, 6) is 0.0624. The molecule has 0 aromatic heterocycles. The SMILES string of the molecule is CCC1CN(C(=O)C(C)C(C)N)CCO1. The minimum absolute atomic E-state index is 0.0829. The number of nitrogens with zero attached hydrogens (tertiary/aromatic N) is 1. The van der Waals surface area contributed by atoms with Crippen molar-refractivity contribution in [1.82, 2.24) is 4.90 Å². The first-order valence-electron chi connectivity index (χ1n) is 5.72. The largest absolute Gasteiger partial charge is 0.375 e. The van der Waals surface area contributed by atoms with Crippen LogP contribution in [0.1, 0.15) is 27.2 Å². The number of nitrogens with two attached hydrogens (primary N) is 1. The highest BCUT2D eigenvalue weighted by Gasteiger charge is 2.27. The molecule has 88 valence electrons. The maximum Gasteiger partial charge on any atom is 0.227 e. The molecular weight excluding hydrogens is 192 g/mol. The van der Waals surface area contributed by atoms with E-state index in [4.69, 9.17) is 10.5 Å². The molecule has 1 heterocycles. The third kappa shape index (κ3) is 3.18. The molecule has 3 unspecified atom stereocenters. The van der Waals surface area contributed by atoms with Crippen LogP contribution in [0.5, 0.6) is 0 Å². The highest BCUT2D eigenvalue weighted by molar-refractivity contribution is 5.79. The van der Waals surface area contributed by atoms with Crippen molar-refractivity contribution in [2.45, 2.75) is 39.3 Å². The van der Waals surface area contributed by atoms with Crippen molar-refractivity contribution in [2.75, 3.05) is 19.7 Å². The van der Waals surface area contributed by atoms with Crippen LogP contribution in [-0.4, -0.2) is 42.6 Å². The fourth-order valence-electron chi connectivity index (χ4n) is 1.68. The third-order valence-electron chi connectivity index (χ3n) is 3.08. The van der Waals surface area contributed by atoms with E-state index in [0.29, 0.717) is 19.7 Å². The van der Waals surface area contributed by atoms with E-state index in [-0.39, 0.29) is 24.0 Å². The number of hydrogen-bond donors (Lipinski definition) is 1. The minimum Gasteiger partial charge on any atom is -0.375 e. The van der Waals surface area contributed by atoms with Gasteiger partial charge in [0.05, 0.1) is 18.6 Å². The van der Waals surface area contributed by atoms with E-state index in [1.807, 2.05) is 18.7 Å². The van der Waals surface area contributed by atoms with Crippen molar-refractivity contribution in [3.63, 3.8) is 0 Å². The molecule has 2 N–H and O–H groups in total. The van der Waals surface area contributed by atoms with Crippen LogP contribution in [0.15, 0.2) is 0 Å². The Bertz CT molecular complexity index is 219. The first kappa shape index (κ1) is 12.5. The van der Waals surface area contributed by atoms with Crippen molar-refractivity contribution in [2.24, 2.45) is 11.7 Å². The van der Waals surface area contributed by atoms with Crippen molar-refractivity contribution in [3.05, 3.63) is 0 Å². The van der Waals surface area contributed by atoms with E-state index in [2.05, 4.69) is 6.92 Å². The van der Waals surface area contributed by atoms with Gasteiger partial charge in [0, 0.05) is 19.1 Å². The second kappa shape index (κ2) is 5.47. The van der Waals surface area contributed by atoms with Crippen LogP contribution in [0.4, 0.5) is 0 Å². The third-order valence-corrected chi connectivity index (χ3v) is 3.08. The molecule has 0 aromatic carbocycles. The lowest BCUT2D eigenvalue weighted by Gasteiger charge is -2.34. The molecule has 4 nitrogen and oxygen atoms in total. The maximum atomic E-state index is 12.0. The number of hydrogen-bond acceptors (Lipinski definition) is 3. The normalized spacial score (nSPS) is 26.1. The van der Waals surface area contributed by atoms with E-state index in [9.17, 15) is 4.79 Å². The Labute approximate surface area is 91.8 Å². The summed E-state index contributed by atoms with van der Waals surface area (Å²) in [5.41, 5.74) is 5.73. The van der Waals surface area contributed by atoms with Crippen LogP contribution >= 0.6 is 0 Å². The van der Waals surface area contributed by atoms with Gasteiger partial charge in [0.15, 0.2) is 0 Å². The summed E-state index contributed by atoms with van der Waals surface area (Å²) in [6, 6.07) is -0.0829. The predicted molar refractivity (Wildman–Crippen MR) is 59.4 cm³/mol. The van der Waals surface area contributed by atoms with E-state index < -0.39 is 0 Å². The quantitative estimate of drug-likeness (QED) is 0.749. The Balaban J connectivity index is 2.52. The predicted octanol–water partition coefficient (Wildman–Crippen LogP) is 0.607. The molecule has 0 spiro atoms. The highest BCUT2D eigenvalue weighted by atomic mass is 16.5. The van der Waals surface area contributed by atoms with Crippen molar-refractivity contribution in [1.29, 1.82) is 0 Å². The molecule has 0 radical (unpaired) electrons. The molecule has 1 rings (SSSR count). The van der Waals surface area contributed by atoms with Crippen molar-refractivity contribution in [3.8, 4) is 0 Å². The van der Waals surface area contributed by atoms with E-state index >= 15 is 0 Å². The lowest BCUT2D eigenvalue weighted by atomic mass is 10.0. The summed E-state index contributed by atoms with van der Waals surface area (Å²) in [7, 11) is 0. The average molecular weight is 214 g/mol. The Morgan fingerprint density at radius 2 is 2.27 bits per heavy atom. The lowest BCUT2D eigenvalue weighted by molar-refractivity contribution is -0.143. The van der Waals surface area contributed by atoms with Crippen LogP contribution < -0.4 is 5.73 Å². The Hall–Kier alpha value is -0.610. The van der Waals surface area contributed by atoms with Crippen LogP contribution in [0.3, 0.4) is 0 Å². The van der Waals surface area contributed by atoms with Gasteiger partial charge in [0.2, 0.25) is 5.91 Å². The van der Waals surface area contributed by atoms with Crippen molar-refractivity contribution < 1.29 is 9.53 Å². The monoisotopic (exact) mass is 214 g/mol. The molecule has 1 aliphatic rings. The first-order chi connectivity index (χ1) is 7.06. The zero-order valence-electron chi connectivity index (χ0n) is 9.90. The highest BCUT2D eigenvalue weighted by Crippen LogP contribution is 2.13. The molecule has 1 amide bonds. The van der Waals surface area contributed by atoms with E-state index in [1.54, 1.807) is 0 Å². The lowest BCUT2D eigenvalue weighted by Crippen LogP contribution is -2.49. The molecular formula is C11H22N2O2. The smallest absolute Gasteiger partial charge is 0.227 e. The summed E-state index contributed by atoms with van der Waals surface area (Å²) < 4.78 is 5.52. The first-order valence-corrected chi connectivity index (χ1v) is 5.72. The van der Waals surface area contributed by atoms with Crippen LogP contribution in [0.2, 0.25) is 0 Å². The average Bonchev–Trinajstić information content (AvgIpc) is 2.27. The van der Waals surface area contributed by atoms with Gasteiger partial charge in [0.1, 0.15) is 0 Å². The number of ether oxygens (including phenoxy) is 1. The second-order valence-electron chi connectivity index (χ2n) is 4.33.